The van der Waals surface area contributed by atoms with E-state index in [9.17, 15) is 8.78 Å². The molecule has 101 valence electrons. The minimum Gasteiger partial charge on any atom is -0.207 e. The second-order valence-electron chi connectivity index (χ2n) is 4.92. The van der Waals surface area contributed by atoms with Crippen molar-refractivity contribution in [3.63, 3.8) is 0 Å². The minimum absolute atomic E-state index is 0.0446. The van der Waals surface area contributed by atoms with Gasteiger partial charge in [0.25, 0.3) is 0 Å². The highest BCUT2D eigenvalue weighted by molar-refractivity contribution is 5.82. The number of alkyl halides is 2. The monoisotopic (exact) mass is 261 g/mol. The molecule has 0 aromatic heterocycles. The molecule has 0 aliphatic heterocycles. The van der Waals surface area contributed by atoms with Crippen molar-refractivity contribution in [1.29, 1.82) is 0 Å². The normalized spacial score (nSPS) is 11.9. The van der Waals surface area contributed by atoms with E-state index in [1.807, 2.05) is 18.6 Å². The van der Waals surface area contributed by atoms with Gasteiger partial charge in [-0.3, -0.25) is 0 Å². The molecule has 0 spiro atoms. The van der Waals surface area contributed by atoms with E-state index in [-0.39, 0.29) is 12.8 Å². The minimum atomic E-state index is -2.51. The van der Waals surface area contributed by atoms with Crippen LogP contribution >= 0.6 is 0 Å². The fourth-order valence-electron chi connectivity index (χ4n) is 2.12. The number of rotatable bonds is 6. The van der Waals surface area contributed by atoms with Gasteiger partial charge in [-0.15, -0.1) is 0 Å². The predicted octanol–water partition coefficient (Wildman–Crippen LogP) is 5.41. The molecule has 0 fully saturated rings. The summed E-state index contributed by atoms with van der Waals surface area (Å²) in [5, 5.41) is 2.41. The quantitative estimate of drug-likeness (QED) is 0.610. The van der Waals surface area contributed by atoms with E-state index in [1.165, 1.54) is 23.3 Å². The Hall–Kier alpha value is -1.44. The number of hydrogen-bond acceptors (Lipinski definition) is 0. The Labute approximate surface area is 113 Å². The van der Waals surface area contributed by atoms with Gasteiger partial charge in [-0.1, -0.05) is 49.4 Å². The van der Waals surface area contributed by atoms with Crippen LogP contribution < -0.4 is 0 Å². The second kappa shape index (κ2) is 6.14. The lowest BCUT2D eigenvalue weighted by atomic mass is 10.0. The number of hydrogen-bond donors (Lipinski definition) is 0. The lowest BCUT2D eigenvalue weighted by molar-refractivity contribution is -0.0113. The Morgan fingerprint density at radius 2 is 1.79 bits per heavy atom. The standard InChI is InChI=1S/C17H19F2/c1-2-17(18,19)12-6-5-7-14-10-11-15-8-3-4-9-16(15)13-14/h3-5,8-11,13H,2,6-7,12H2,1H3. The Morgan fingerprint density at radius 1 is 1.05 bits per heavy atom. The van der Waals surface area contributed by atoms with Crippen molar-refractivity contribution in [3.05, 3.63) is 54.4 Å². The topological polar surface area (TPSA) is 0 Å². The zero-order valence-electron chi connectivity index (χ0n) is 11.2. The van der Waals surface area contributed by atoms with Gasteiger partial charge in [0.05, 0.1) is 0 Å². The van der Waals surface area contributed by atoms with Gasteiger partial charge in [0.2, 0.25) is 5.92 Å². The first-order valence-electron chi connectivity index (χ1n) is 6.78. The molecule has 0 bridgehead atoms. The Bertz CT molecular complexity index is 532. The summed E-state index contributed by atoms with van der Waals surface area (Å²) >= 11 is 0. The van der Waals surface area contributed by atoms with Crippen molar-refractivity contribution < 1.29 is 8.78 Å². The van der Waals surface area contributed by atoms with Crippen LogP contribution in [0.2, 0.25) is 0 Å². The first kappa shape index (κ1) is 14.0. The first-order chi connectivity index (χ1) is 9.11. The van der Waals surface area contributed by atoms with Crippen LogP contribution in [-0.4, -0.2) is 5.92 Å². The molecule has 0 unspecified atom stereocenters. The summed E-state index contributed by atoms with van der Waals surface area (Å²) < 4.78 is 26.1. The number of benzene rings is 2. The maximum atomic E-state index is 13.1. The molecule has 2 aromatic carbocycles. The molecule has 2 rings (SSSR count). The third-order valence-corrected chi connectivity index (χ3v) is 3.43. The molecule has 0 saturated heterocycles. The van der Waals surface area contributed by atoms with Gasteiger partial charge in [0.1, 0.15) is 0 Å². The van der Waals surface area contributed by atoms with Crippen LogP contribution in [0.4, 0.5) is 8.78 Å². The smallest absolute Gasteiger partial charge is 0.207 e. The van der Waals surface area contributed by atoms with Crippen molar-refractivity contribution >= 4 is 10.8 Å². The predicted molar refractivity (Wildman–Crippen MR) is 76.4 cm³/mol. The fourth-order valence-corrected chi connectivity index (χ4v) is 2.12. The molecular formula is C17H19F2. The maximum absolute atomic E-state index is 13.1. The highest BCUT2D eigenvalue weighted by atomic mass is 19.3. The van der Waals surface area contributed by atoms with Gasteiger partial charge in [-0.05, 0) is 35.6 Å². The molecule has 0 saturated carbocycles. The lowest BCUT2D eigenvalue weighted by Gasteiger charge is -2.13. The van der Waals surface area contributed by atoms with Crippen molar-refractivity contribution in [2.75, 3.05) is 0 Å². The van der Waals surface area contributed by atoms with Crippen LogP contribution in [0.1, 0.15) is 31.7 Å². The van der Waals surface area contributed by atoms with Gasteiger partial charge in [-0.2, -0.15) is 0 Å². The SMILES string of the molecule is CCC(F)(F)CC[CH]Cc1ccc2ccccc2c1. The molecule has 2 heteroatoms. The van der Waals surface area contributed by atoms with Crippen LogP contribution in [-0.2, 0) is 6.42 Å². The highest BCUT2D eigenvalue weighted by Crippen LogP contribution is 2.25. The number of unbranched alkanes of at least 4 members (excludes halogenated alkanes) is 1. The van der Waals surface area contributed by atoms with E-state index in [1.54, 1.807) is 0 Å². The van der Waals surface area contributed by atoms with E-state index in [0.29, 0.717) is 6.42 Å². The molecule has 0 amide bonds. The van der Waals surface area contributed by atoms with Crippen LogP contribution in [0.5, 0.6) is 0 Å². The third kappa shape index (κ3) is 4.02. The fraction of sp³-hybridized carbons (Fsp3) is 0.353. The molecule has 0 heterocycles. The summed E-state index contributed by atoms with van der Waals surface area (Å²) in [5.74, 6) is -2.51. The van der Waals surface area contributed by atoms with E-state index >= 15 is 0 Å². The summed E-state index contributed by atoms with van der Waals surface area (Å²) in [5.41, 5.74) is 1.18. The van der Waals surface area contributed by atoms with Gasteiger partial charge in [-0.25, -0.2) is 8.78 Å². The highest BCUT2D eigenvalue weighted by Gasteiger charge is 2.24. The van der Waals surface area contributed by atoms with Crippen molar-refractivity contribution in [2.24, 2.45) is 0 Å². The van der Waals surface area contributed by atoms with Gasteiger partial charge in [0.15, 0.2) is 0 Å². The van der Waals surface area contributed by atoms with Crippen LogP contribution in [0.25, 0.3) is 10.8 Å². The molecule has 0 nitrogen and oxygen atoms in total. The average Bonchev–Trinajstić information content (AvgIpc) is 2.43. The molecule has 2 aromatic rings. The molecule has 1 radical (unpaired) electrons. The number of fused-ring (bicyclic) bond motifs is 1. The molecule has 19 heavy (non-hydrogen) atoms. The van der Waals surface area contributed by atoms with E-state index in [0.717, 1.165) is 6.42 Å². The third-order valence-electron chi connectivity index (χ3n) is 3.43. The zero-order chi connectivity index (χ0) is 13.7. The lowest BCUT2D eigenvalue weighted by Crippen LogP contribution is -2.13. The first-order valence-corrected chi connectivity index (χ1v) is 6.78. The molecule has 0 N–H and O–H groups in total. The maximum Gasteiger partial charge on any atom is 0.247 e. The van der Waals surface area contributed by atoms with Crippen LogP contribution in [0.3, 0.4) is 0 Å². The largest absolute Gasteiger partial charge is 0.247 e. The molecular weight excluding hydrogens is 242 g/mol. The molecule has 0 aliphatic rings. The summed E-state index contributed by atoms with van der Waals surface area (Å²) in [6, 6.07) is 14.5. The van der Waals surface area contributed by atoms with E-state index < -0.39 is 5.92 Å². The summed E-state index contributed by atoms with van der Waals surface area (Å²) in [6.07, 6.45) is 3.06. The van der Waals surface area contributed by atoms with Crippen molar-refractivity contribution in [1.82, 2.24) is 0 Å². The van der Waals surface area contributed by atoms with Gasteiger partial charge < -0.3 is 0 Å². The number of halogens is 2. The Morgan fingerprint density at radius 3 is 2.53 bits per heavy atom. The van der Waals surface area contributed by atoms with E-state index in [2.05, 4.69) is 30.3 Å². The molecule has 0 aliphatic carbocycles. The summed E-state index contributed by atoms with van der Waals surface area (Å²) in [6.45, 7) is 1.53. The second-order valence-corrected chi connectivity index (χ2v) is 4.92. The summed E-state index contributed by atoms with van der Waals surface area (Å²) in [7, 11) is 0. The molecule has 0 atom stereocenters. The zero-order valence-corrected chi connectivity index (χ0v) is 11.2. The average molecular weight is 261 g/mol. The van der Waals surface area contributed by atoms with Gasteiger partial charge in [0, 0.05) is 12.8 Å². The van der Waals surface area contributed by atoms with Crippen molar-refractivity contribution in [3.8, 4) is 0 Å². The van der Waals surface area contributed by atoms with Gasteiger partial charge >= 0.3 is 0 Å². The Kier molecular flexibility index (Phi) is 4.52. The Balaban J connectivity index is 1.88. The van der Waals surface area contributed by atoms with Crippen molar-refractivity contribution in [2.45, 2.75) is 38.5 Å². The van der Waals surface area contributed by atoms with Crippen LogP contribution in [0.15, 0.2) is 42.5 Å². The summed E-state index contributed by atoms with van der Waals surface area (Å²) in [4.78, 5) is 0. The van der Waals surface area contributed by atoms with E-state index in [4.69, 9.17) is 0 Å². The van der Waals surface area contributed by atoms with Crippen LogP contribution in [0, 0.1) is 6.42 Å².